The summed E-state index contributed by atoms with van der Waals surface area (Å²) in [5, 5.41) is 2.96. The fraction of sp³-hybridized carbons (Fsp3) is 0.320. The third-order valence-corrected chi connectivity index (χ3v) is 5.33. The molecule has 0 aliphatic carbocycles. The predicted octanol–water partition coefficient (Wildman–Crippen LogP) is 4.97. The second-order valence-corrected chi connectivity index (χ2v) is 7.67. The highest BCUT2D eigenvalue weighted by atomic mass is 16.5. The Labute approximate surface area is 188 Å². The molecule has 1 unspecified atom stereocenters. The van der Waals surface area contributed by atoms with Gasteiger partial charge in [0.25, 0.3) is 0 Å². The molecule has 1 aromatic heterocycles. The summed E-state index contributed by atoms with van der Waals surface area (Å²) in [5.41, 5.74) is 3.26. The number of methoxy groups -OCH3 is 1. The molecule has 168 valence electrons. The van der Waals surface area contributed by atoms with E-state index in [0.717, 1.165) is 23.2 Å². The molecule has 0 saturated heterocycles. The summed E-state index contributed by atoms with van der Waals surface area (Å²) in [5.74, 6) is 1.13. The molecule has 3 aromatic rings. The maximum atomic E-state index is 13.0. The summed E-state index contributed by atoms with van der Waals surface area (Å²) in [7, 11) is 1.54. The molecular formula is C25H30N4O3. The number of nitrogens with one attached hydrogen (secondary N) is 2. The number of hydrogen-bond donors (Lipinski definition) is 2. The highest BCUT2D eigenvalue weighted by Gasteiger charge is 2.24. The van der Waals surface area contributed by atoms with Gasteiger partial charge in [0.1, 0.15) is 11.6 Å². The molecule has 3 rings (SSSR count). The number of ketones is 1. The molecular weight excluding hydrogens is 404 g/mol. The molecule has 2 aromatic carbocycles. The minimum Gasteiger partial charge on any atom is -0.496 e. The summed E-state index contributed by atoms with van der Waals surface area (Å²) < 4.78 is 5.30. The minimum atomic E-state index is -0.313. The molecule has 0 radical (unpaired) electrons. The lowest BCUT2D eigenvalue weighted by atomic mass is 10.1. The summed E-state index contributed by atoms with van der Waals surface area (Å²) in [6.45, 7) is 6.35. The van der Waals surface area contributed by atoms with E-state index in [9.17, 15) is 9.59 Å². The van der Waals surface area contributed by atoms with E-state index in [4.69, 9.17) is 4.74 Å². The Morgan fingerprint density at radius 2 is 1.94 bits per heavy atom. The van der Waals surface area contributed by atoms with Crippen molar-refractivity contribution in [3.05, 3.63) is 71.7 Å². The van der Waals surface area contributed by atoms with Crippen LogP contribution in [0, 0.1) is 0 Å². The van der Waals surface area contributed by atoms with Gasteiger partial charge in [-0.25, -0.2) is 9.78 Å². The highest BCUT2D eigenvalue weighted by molar-refractivity contribution is 5.97. The molecule has 0 saturated carbocycles. The minimum absolute atomic E-state index is 0.0859. The first-order valence-corrected chi connectivity index (χ1v) is 10.8. The van der Waals surface area contributed by atoms with Gasteiger partial charge in [-0.05, 0) is 43.5 Å². The van der Waals surface area contributed by atoms with Crippen LogP contribution in [0.5, 0.6) is 5.75 Å². The molecule has 1 atom stereocenters. The smallest absolute Gasteiger partial charge is 0.318 e. The number of imidazole rings is 1. The third kappa shape index (κ3) is 5.35. The molecule has 2 N–H and O–H groups in total. The first-order chi connectivity index (χ1) is 15.4. The SMILES string of the molecule is CCCNC(=O)N(Cc1ccc(OC)c(C(C)=O)c1)C(C)c1ncc(-c2ccccc2)[nH]1. The number of rotatable bonds is 9. The summed E-state index contributed by atoms with van der Waals surface area (Å²) in [6, 6.07) is 14.8. The van der Waals surface area contributed by atoms with E-state index >= 15 is 0 Å². The lowest BCUT2D eigenvalue weighted by molar-refractivity contribution is 0.101. The number of hydrogen-bond acceptors (Lipinski definition) is 4. The van der Waals surface area contributed by atoms with Gasteiger partial charge < -0.3 is 19.9 Å². The van der Waals surface area contributed by atoms with Gasteiger partial charge in [-0.15, -0.1) is 0 Å². The molecule has 7 heteroatoms. The first kappa shape index (κ1) is 23.1. The molecule has 2 amide bonds. The van der Waals surface area contributed by atoms with Crippen LogP contribution in [-0.4, -0.2) is 40.3 Å². The first-order valence-electron chi connectivity index (χ1n) is 10.8. The van der Waals surface area contributed by atoms with E-state index in [1.165, 1.54) is 14.0 Å². The van der Waals surface area contributed by atoms with Crippen LogP contribution in [0.25, 0.3) is 11.3 Å². The highest BCUT2D eigenvalue weighted by Crippen LogP contribution is 2.26. The average Bonchev–Trinajstić information content (AvgIpc) is 3.31. The van der Waals surface area contributed by atoms with E-state index in [-0.39, 0.29) is 17.9 Å². The standard InChI is InChI=1S/C25H30N4O3/c1-5-13-26-25(31)29(16-19-11-12-23(32-4)21(14-19)18(3)30)17(2)24-27-15-22(28-24)20-9-7-6-8-10-20/h6-12,14-15,17H,5,13,16H2,1-4H3,(H,26,31)(H,27,28). The van der Waals surface area contributed by atoms with Crippen molar-refractivity contribution < 1.29 is 14.3 Å². The number of benzene rings is 2. The number of H-pyrrole nitrogens is 1. The van der Waals surface area contributed by atoms with Crippen LogP contribution in [0.1, 0.15) is 55.0 Å². The Morgan fingerprint density at radius 3 is 2.59 bits per heavy atom. The molecule has 0 spiro atoms. The van der Waals surface area contributed by atoms with E-state index in [1.807, 2.05) is 50.2 Å². The van der Waals surface area contributed by atoms with E-state index < -0.39 is 0 Å². The number of urea groups is 1. The third-order valence-electron chi connectivity index (χ3n) is 5.33. The number of Topliss-reactive ketones (excluding diaryl/α,β-unsaturated/α-hetero) is 1. The zero-order valence-electron chi connectivity index (χ0n) is 19.0. The van der Waals surface area contributed by atoms with Crippen molar-refractivity contribution in [3.63, 3.8) is 0 Å². The Hall–Kier alpha value is -3.61. The number of aromatic nitrogens is 2. The van der Waals surface area contributed by atoms with E-state index in [1.54, 1.807) is 23.2 Å². The Morgan fingerprint density at radius 1 is 1.19 bits per heavy atom. The average molecular weight is 435 g/mol. The van der Waals surface area contributed by atoms with Crippen LogP contribution in [-0.2, 0) is 6.54 Å². The van der Waals surface area contributed by atoms with Gasteiger partial charge in [0.15, 0.2) is 5.78 Å². The van der Waals surface area contributed by atoms with Crippen molar-refractivity contribution in [2.45, 2.75) is 39.8 Å². The largest absolute Gasteiger partial charge is 0.496 e. The van der Waals surface area contributed by atoms with E-state index in [2.05, 4.69) is 15.3 Å². The molecule has 32 heavy (non-hydrogen) atoms. The monoisotopic (exact) mass is 434 g/mol. The van der Waals surface area contributed by atoms with Crippen LogP contribution in [0.3, 0.4) is 0 Å². The van der Waals surface area contributed by atoms with Crippen molar-refractivity contribution in [3.8, 4) is 17.0 Å². The number of aromatic amines is 1. The fourth-order valence-electron chi connectivity index (χ4n) is 3.50. The van der Waals surface area contributed by atoms with Crippen LogP contribution in [0.2, 0.25) is 0 Å². The van der Waals surface area contributed by atoms with Crippen LogP contribution < -0.4 is 10.1 Å². The number of ether oxygens (including phenoxy) is 1. The van der Waals surface area contributed by atoms with Gasteiger partial charge in [-0.3, -0.25) is 4.79 Å². The predicted molar refractivity (Wildman–Crippen MR) is 125 cm³/mol. The van der Waals surface area contributed by atoms with Crippen molar-refractivity contribution in [1.82, 2.24) is 20.2 Å². The second-order valence-electron chi connectivity index (χ2n) is 7.67. The van der Waals surface area contributed by atoms with Gasteiger partial charge in [-0.1, -0.05) is 43.3 Å². The molecule has 7 nitrogen and oxygen atoms in total. The van der Waals surface area contributed by atoms with Crippen LogP contribution >= 0.6 is 0 Å². The molecule has 1 heterocycles. The quantitative estimate of drug-likeness (QED) is 0.466. The van der Waals surface area contributed by atoms with Gasteiger partial charge >= 0.3 is 6.03 Å². The number of carbonyl (C=O) groups excluding carboxylic acids is 2. The maximum absolute atomic E-state index is 13.0. The zero-order chi connectivity index (χ0) is 23.1. The molecule has 0 aliphatic heterocycles. The van der Waals surface area contributed by atoms with Crippen molar-refractivity contribution in [2.75, 3.05) is 13.7 Å². The summed E-state index contributed by atoms with van der Waals surface area (Å²) >= 11 is 0. The maximum Gasteiger partial charge on any atom is 0.318 e. The Bertz CT molecular complexity index is 1060. The van der Waals surface area contributed by atoms with Crippen molar-refractivity contribution in [1.29, 1.82) is 0 Å². The van der Waals surface area contributed by atoms with E-state index in [0.29, 0.717) is 30.2 Å². The molecule has 0 bridgehead atoms. The Balaban J connectivity index is 1.89. The zero-order valence-corrected chi connectivity index (χ0v) is 19.0. The van der Waals surface area contributed by atoms with Crippen molar-refractivity contribution >= 4 is 11.8 Å². The number of amides is 2. The summed E-state index contributed by atoms with van der Waals surface area (Å²) in [6.07, 6.45) is 2.62. The van der Waals surface area contributed by atoms with Gasteiger partial charge in [0.05, 0.1) is 30.6 Å². The van der Waals surface area contributed by atoms with Crippen LogP contribution in [0.15, 0.2) is 54.7 Å². The summed E-state index contributed by atoms with van der Waals surface area (Å²) in [4.78, 5) is 34.7. The van der Waals surface area contributed by atoms with Gasteiger partial charge in [-0.2, -0.15) is 0 Å². The number of nitrogens with zero attached hydrogens (tertiary/aromatic N) is 2. The van der Waals surface area contributed by atoms with Gasteiger partial charge in [0.2, 0.25) is 0 Å². The number of carbonyl (C=O) groups is 2. The lowest BCUT2D eigenvalue weighted by Crippen LogP contribution is -2.41. The fourth-order valence-corrected chi connectivity index (χ4v) is 3.50. The second kappa shape index (κ2) is 10.6. The normalized spacial score (nSPS) is 11.6. The molecule has 0 aliphatic rings. The van der Waals surface area contributed by atoms with Crippen molar-refractivity contribution in [2.24, 2.45) is 0 Å². The molecule has 0 fully saturated rings. The van der Waals surface area contributed by atoms with Crippen LogP contribution in [0.4, 0.5) is 4.79 Å². The lowest BCUT2D eigenvalue weighted by Gasteiger charge is -2.28. The topological polar surface area (TPSA) is 87.3 Å². The van der Waals surface area contributed by atoms with Gasteiger partial charge in [0, 0.05) is 13.1 Å². The Kier molecular flexibility index (Phi) is 7.65.